The van der Waals surface area contributed by atoms with Gasteiger partial charge in [0.25, 0.3) is 5.95 Å². The first-order chi connectivity index (χ1) is 11.3. The van der Waals surface area contributed by atoms with E-state index in [4.69, 9.17) is 4.74 Å². The van der Waals surface area contributed by atoms with Crippen molar-refractivity contribution in [2.45, 2.75) is 0 Å². The number of benzene rings is 1. The van der Waals surface area contributed by atoms with Gasteiger partial charge in [-0.2, -0.15) is 10.2 Å². The molecule has 23 heavy (non-hydrogen) atoms. The van der Waals surface area contributed by atoms with Crippen LogP contribution in [0.4, 0.5) is 5.95 Å². The van der Waals surface area contributed by atoms with E-state index in [0.717, 1.165) is 16.9 Å². The van der Waals surface area contributed by atoms with E-state index in [1.807, 2.05) is 36.4 Å². The van der Waals surface area contributed by atoms with Crippen molar-refractivity contribution in [2.75, 3.05) is 12.5 Å². The Balaban J connectivity index is 1.73. The minimum atomic E-state index is 0.323. The third kappa shape index (κ3) is 3.85. The fourth-order valence-electron chi connectivity index (χ4n) is 1.87. The quantitative estimate of drug-likeness (QED) is 0.575. The molecule has 0 saturated heterocycles. The van der Waals surface area contributed by atoms with Crippen molar-refractivity contribution in [1.82, 2.24) is 20.2 Å². The molecule has 0 aliphatic carbocycles. The lowest BCUT2D eigenvalue weighted by Gasteiger charge is -2.04. The smallest absolute Gasteiger partial charge is 0.263 e. The molecule has 114 valence electrons. The van der Waals surface area contributed by atoms with Crippen molar-refractivity contribution in [3.05, 3.63) is 60.6 Å². The largest absolute Gasteiger partial charge is 0.497 e. The first-order valence-electron chi connectivity index (χ1n) is 6.88. The predicted molar refractivity (Wildman–Crippen MR) is 87.3 cm³/mol. The summed E-state index contributed by atoms with van der Waals surface area (Å²) >= 11 is 0. The van der Waals surface area contributed by atoms with Crippen molar-refractivity contribution in [1.29, 1.82) is 0 Å². The Bertz CT molecular complexity index is 789. The number of pyridine rings is 1. The number of rotatable bonds is 5. The minimum Gasteiger partial charge on any atom is -0.497 e. The standard InChI is InChI=1S/C16H14N6O/c1-23-14-4-2-13(3-5-14)15-11-19-22-16(20-15)21-18-10-12-6-8-17-9-7-12/h2-11H,1H3,(H,20,21,22)/b18-10-. The zero-order valence-corrected chi connectivity index (χ0v) is 12.4. The number of hydrogen-bond donors (Lipinski definition) is 1. The van der Waals surface area contributed by atoms with Gasteiger partial charge in [0.1, 0.15) is 5.75 Å². The summed E-state index contributed by atoms with van der Waals surface area (Å²) in [6, 6.07) is 11.2. The van der Waals surface area contributed by atoms with Gasteiger partial charge in [-0.1, -0.05) is 0 Å². The van der Waals surface area contributed by atoms with E-state index in [9.17, 15) is 0 Å². The number of methoxy groups -OCH3 is 1. The summed E-state index contributed by atoms with van der Waals surface area (Å²) in [5, 5.41) is 11.9. The highest BCUT2D eigenvalue weighted by Gasteiger charge is 2.03. The monoisotopic (exact) mass is 306 g/mol. The summed E-state index contributed by atoms with van der Waals surface area (Å²) in [6.45, 7) is 0. The third-order valence-electron chi connectivity index (χ3n) is 3.03. The van der Waals surface area contributed by atoms with Gasteiger partial charge in [0.2, 0.25) is 0 Å². The van der Waals surface area contributed by atoms with E-state index >= 15 is 0 Å². The molecule has 2 aromatic heterocycles. The van der Waals surface area contributed by atoms with Crippen LogP contribution in [0, 0.1) is 0 Å². The van der Waals surface area contributed by atoms with Crippen LogP contribution in [-0.4, -0.2) is 33.5 Å². The number of hydrazone groups is 1. The van der Waals surface area contributed by atoms with Gasteiger partial charge in [-0.05, 0) is 42.0 Å². The lowest BCUT2D eigenvalue weighted by atomic mass is 10.1. The van der Waals surface area contributed by atoms with Gasteiger partial charge < -0.3 is 4.74 Å². The van der Waals surface area contributed by atoms with Crippen LogP contribution in [0.25, 0.3) is 11.3 Å². The predicted octanol–water partition coefficient (Wildman–Crippen LogP) is 2.39. The van der Waals surface area contributed by atoms with Crippen LogP contribution in [0.3, 0.4) is 0 Å². The van der Waals surface area contributed by atoms with Crippen LogP contribution in [0.1, 0.15) is 5.56 Å². The summed E-state index contributed by atoms with van der Waals surface area (Å²) in [7, 11) is 1.63. The number of aromatic nitrogens is 4. The summed E-state index contributed by atoms with van der Waals surface area (Å²) in [6.07, 6.45) is 6.65. The lowest BCUT2D eigenvalue weighted by Crippen LogP contribution is -2.00. The molecule has 0 bridgehead atoms. The number of ether oxygens (including phenoxy) is 1. The summed E-state index contributed by atoms with van der Waals surface area (Å²) in [5.41, 5.74) is 5.31. The molecule has 7 nitrogen and oxygen atoms in total. The average Bonchev–Trinajstić information content (AvgIpc) is 2.63. The van der Waals surface area contributed by atoms with Crippen molar-refractivity contribution >= 4 is 12.2 Å². The normalized spacial score (nSPS) is 10.7. The van der Waals surface area contributed by atoms with Gasteiger partial charge in [0, 0.05) is 18.0 Å². The Morgan fingerprint density at radius 2 is 1.87 bits per heavy atom. The zero-order chi connectivity index (χ0) is 15.9. The molecule has 0 spiro atoms. The molecule has 3 rings (SSSR count). The summed E-state index contributed by atoms with van der Waals surface area (Å²) in [5.74, 6) is 1.11. The van der Waals surface area contributed by atoms with E-state index in [2.05, 4.69) is 30.7 Å². The Hall–Kier alpha value is -3.35. The molecule has 0 aliphatic rings. The van der Waals surface area contributed by atoms with Crippen LogP contribution >= 0.6 is 0 Å². The molecule has 0 saturated carbocycles. The summed E-state index contributed by atoms with van der Waals surface area (Å²) < 4.78 is 5.14. The Morgan fingerprint density at radius 1 is 1.09 bits per heavy atom. The van der Waals surface area contributed by atoms with Gasteiger partial charge in [0.05, 0.1) is 25.2 Å². The molecule has 0 unspecified atom stereocenters. The van der Waals surface area contributed by atoms with Crippen molar-refractivity contribution in [3.63, 3.8) is 0 Å². The molecule has 0 radical (unpaired) electrons. The molecule has 1 aromatic carbocycles. The average molecular weight is 306 g/mol. The van der Waals surface area contributed by atoms with Crippen molar-refractivity contribution in [2.24, 2.45) is 5.10 Å². The Kier molecular flexibility index (Phi) is 4.49. The van der Waals surface area contributed by atoms with Crippen molar-refractivity contribution in [3.8, 4) is 17.0 Å². The second-order valence-electron chi connectivity index (χ2n) is 4.54. The van der Waals surface area contributed by atoms with Crippen LogP contribution in [0.2, 0.25) is 0 Å². The van der Waals surface area contributed by atoms with Crippen molar-refractivity contribution < 1.29 is 4.74 Å². The highest BCUT2D eigenvalue weighted by atomic mass is 16.5. The fourth-order valence-corrected chi connectivity index (χ4v) is 1.87. The van der Waals surface area contributed by atoms with E-state index in [1.165, 1.54) is 0 Å². The third-order valence-corrected chi connectivity index (χ3v) is 3.03. The molecule has 2 heterocycles. The maximum Gasteiger partial charge on any atom is 0.263 e. The summed E-state index contributed by atoms with van der Waals surface area (Å²) in [4.78, 5) is 8.32. The molecule has 0 fully saturated rings. The fraction of sp³-hybridized carbons (Fsp3) is 0.0625. The molecule has 0 atom stereocenters. The molecule has 7 heteroatoms. The molecule has 0 aliphatic heterocycles. The van der Waals surface area contributed by atoms with Gasteiger partial charge in [-0.15, -0.1) is 5.10 Å². The van der Waals surface area contributed by atoms with Gasteiger partial charge in [-0.25, -0.2) is 10.4 Å². The number of anilines is 1. The molecular formula is C16H14N6O. The van der Waals surface area contributed by atoms with E-state index < -0.39 is 0 Å². The van der Waals surface area contributed by atoms with Gasteiger partial charge >= 0.3 is 0 Å². The van der Waals surface area contributed by atoms with E-state index in [-0.39, 0.29) is 0 Å². The van der Waals surface area contributed by atoms with Gasteiger partial charge in [0.15, 0.2) is 0 Å². The zero-order valence-electron chi connectivity index (χ0n) is 12.4. The second-order valence-corrected chi connectivity index (χ2v) is 4.54. The molecule has 0 amide bonds. The first-order valence-corrected chi connectivity index (χ1v) is 6.88. The maximum atomic E-state index is 5.14. The van der Waals surface area contributed by atoms with Crippen LogP contribution in [-0.2, 0) is 0 Å². The van der Waals surface area contributed by atoms with E-state index in [0.29, 0.717) is 11.6 Å². The highest BCUT2D eigenvalue weighted by molar-refractivity contribution is 5.79. The number of nitrogens with zero attached hydrogens (tertiary/aromatic N) is 5. The SMILES string of the molecule is COc1ccc(-c2cnnc(N/N=C\c3ccncc3)n2)cc1. The van der Waals surface area contributed by atoms with Gasteiger partial charge in [-0.3, -0.25) is 4.98 Å². The van der Waals surface area contributed by atoms with Crippen LogP contribution in [0.15, 0.2) is 60.1 Å². The lowest BCUT2D eigenvalue weighted by molar-refractivity contribution is 0.415. The first kappa shape index (κ1) is 14.6. The maximum absolute atomic E-state index is 5.14. The molecule has 3 aromatic rings. The topological polar surface area (TPSA) is 85.2 Å². The highest BCUT2D eigenvalue weighted by Crippen LogP contribution is 2.20. The molecular weight excluding hydrogens is 292 g/mol. The minimum absolute atomic E-state index is 0.323. The Morgan fingerprint density at radius 3 is 2.61 bits per heavy atom. The van der Waals surface area contributed by atoms with Crippen LogP contribution < -0.4 is 10.2 Å². The Labute approximate surface area is 133 Å². The van der Waals surface area contributed by atoms with Crippen LogP contribution in [0.5, 0.6) is 5.75 Å². The number of hydrogen-bond acceptors (Lipinski definition) is 7. The van der Waals surface area contributed by atoms with E-state index in [1.54, 1.807) is 31.9 Å². The molecule has 1 N–H and O–H groups in total. The second kappa shape index (κ2) is 7.08. The number of nitrogens with one attached hydrogen (secondary N) is 1.